The number of hydrogen-bond acceptors (Lipinski definition) is 5. The maximum Gasteiger partial charge on any atom is 0.422 e. The van der Waals surface area contributed by atoms with Gasteiger partial charge in [0, 0.05) is 6.07 Å². The van der Waals surface area contributed by atoms with Crippen molar-refractivity contribution in [3.63, 3.8) is 0 Å². The molecule has 29 heavy (non-hydrogen) atoms. The second kappa shape index (κ2) is 9.26. The maximum atomic E-state index is 12.3. The molecule has 0 unspecified atom stereocenters. The first-order chi connectivity index (χ1) is 13.5. The largest absolute Gasteiger partial charge is 0.492 e. The predicted octanol–water partition coefficient (Wildman–Crippen LogP) is 3.96. The van der Waals surface area contributed by atoms with E-state index in [-0.39, 0.29) is 18.9 Å². The Hall–Kier alpha value is -3.30. The summed E-state index contributed by atoms with van der Waals surface area (Å²) in [6.07, 6.45) is -4.57. The average Bonchev–Trinajstić information content (AvgIpc) is 2.61. The van der Waals surface area contributed by atoms with Crippen LogP contribution in [-0.2, 0) is 0 Å². The minimum Gasteiger partial charge on any atom is -0.492 e. The molecular formula is C19H19F3N2O5. The number of rotatable bonds is 8. The second-order valence-electron chi connectivity index (χ2n) is 6.27. The molecule has 1 amide bonds. The molecule has 7 nitrogen and oxygen atoms in total. The van der Waals surface area contributed by atoms with Gasteiger partial charge in [0.15, 0.2) is 6.61 Å². The van der Waals surface area contributed by atoms with Gasteiger partial charge in [0.2, 0.25) is 0 Å². The molecule has 0 radical (unpaired) electrons. The summed E-state index contributed by atoms with van der Waals surface area (Å²) in [4.78, 5) is 22.6. The highest BCUT2D eigenvalue weighted by Gasteiger charge is 2.29. The molecule has 0 heterocycles. The lowest BCUT2D eigenvalue weighted by atomic mass is 10.1. The van der Waals surface area contributed by atoms with Crippen LogP contribution in [0.15, 0.2) is 36.4 Å². The van der Waals surface area contributed by atoms with E-state index < -0.39 is 34.9 Å². The molecule has 156 valence electrons. The molecular weight excluding hydrogens is 393 g/mol. The minimum atomic E-state index is -4.57. The number of nitrogens with zero attached hydrogens (tertiary/aromatic N) is 1. The van der Waals surface area contributed by atoms with Gasteiger partial charge >= 0.3 is 6.18 Å². The van der Waals surface area contributed by atoms with E-state index in [2.05, 4.69) is 10.1 Å². The fraction of sp³-hybridized carbons (Fsp3) is 0.316. The van der Waals surface area contributed by atoms with Gasteiger partial charge in [0.25, 0.3) is 11.6 Å². The number of halogens is 3. The molecule has 2 rings (SSSR count). The van der Waals surface area contributed by atoms with E-state index in [0.29, 0.717) is 5.75 Å². The fourth-order valence-electron chi connectivity index (χ4n) is 2.56. The van der Waals surface area contributed by atoms with Crippen molar-refractivity contribution in [1.82, 2.24) is 5.32 Å². The normalized spacial score (nSPS) is 11.1. The molecule has 0 aliphatic carbocycles. The number of alkyl halides is 3. The van der Waals surface area contributed by atoms with E-state index in [9.17, 15) is 28.1 Å². The highest BCUT2D eigenvalue weighted by molar-refractivity contribution is 5.98. The molecule has 10 heteroatoms. The minimum absolute atomic E-state index is 0.0383. The molecule has 0 saturated carbocycles. The van der Waals surface area contributed by atoms with Crippen LogP contribution in [0.5, 0.6) is 11.5 Å². The van der Waals surface area contributed by atoms with E-state index in [1.54, 1.807) is 0 Å². The number of benzene rings is 2. The Morgan fingerprint density at radius 1 is 1.07 bits per heavy atom. The summed E-state index contributed by atoms with van der Waals surface area (Å²) >= 11 is 0. The number of amides is 1. The number of ether oxygens (including phenoxy) is 2. The van der Waals surface area contributed by atoms with Crippen molar-refractivity contribution in [1.29, 1.82) is 0 Å². The Morgan fingerprint density at radius 3 is 2.31 bits per heavy atom. The van der Waals surface area contributed by atoms with E-state index in [1.807, 2.05) is 32.0 Å². The Bertz CT molecular complexity index is 880. The standard InChI is InChI=1S/C19H19F3N2O5/c1-12-7-13(2)9-15(8-12)28-6-5-23-18(25)16-10-14(29-11-19(20,21)22)3-4-17(16)24(26)27/h3-4,7-10H,5-6,11H2,1-2H3,(H,23,25). The van der Waals surface area contributed by atoms with Crippen LogP contribution < -0.4 is 14.8 Å². The first-order valence-electron chi connectivity index (χ1n) is 8.52. The monoisotopic (exact) mass is 412 g/mol. The molecule has 0 saturated heterocycles. The number of nitro benzene ring substituents is 1. The highest BCUT2D eigenvalue weighted by atomic mass is 19.4. The predicted molar refractivity (Wildman–Crippen MR) is 98.4 cm³/mol. The van der Waals surface area contributed by atoms with Gasteiger partial charge in [0.1, 0.15) is 23.7 Å². The molecule has 0 atom stereocenters. The summed E-state index contributed by atoms with van der Waals surface area (Å²) in [5, 5.41) is 13.6. The van der Waals surface area contributed by atoms with Crippen LogP contribution in [0.25, 0.3) is 0 Å². The quantitative estimate of drug-likeness (QED) is 0.403. The summed E-state index contributed by atoms with van der Waals surface area (Å²) in [7, 11) is 0. The van der Waals surface area contributed by atoms with E-state index >= 15 is 0 Å². The van der Waals surface area contributed by atoms with Gasteiger partial charge in [-0.1, -0.05) is 6.07 Å². The van der Waals surface area contributed by atoms with Crippen molar-refractivity contribution in [2.75, 3.05) is 19.8 Å². The lowest BCUT2D eigenvalue weighted by molar-refractivity contribution is -0.385. The lowest BCUT2D eigenvalue weighted by Crippen LogP contribution is -2.28. The molecule has 0 aromatic heterocycles. The van der Waals surface area contributed by atoms with E-state index in [4.69, 9.17) is 4.74 Å². The summed E-state index contributed by atoms with van der Waals surface area (Å²) in [5.41, 5.74) is 1.07. The van der Waals surface area contributed by atoms with Gasteiger partial charge < -0.3 is 14.8 Å². The third kappa shape index (κ3) is 6.98. The Kier molecular flexibility index (Phi) is 7.03. The van der Waals surface area contributed by atoms with Crippen LogP contribution in [0.3, 0.4) is 0 Å². The Balaban J connectivity index is 2.01. The van der Waals surface area contributed by atoms with Crippen molar-refractivity contribution >= 4 is 11.6 Å². The van der Waals surface area contributed by atoms with Crippen molar-refractivity contribution in [2.45, 2.75) is 20.0 Å². The first-order valence-corrected chi connectivity index (χ1v) is 8.52. The number of aryl methyl sites for hydroxylation is 2. The second-order valence-corrected chi connectivity index (χ2v) is 6.27. The zero-order valence-electron chi connectivity index (χ0n) is 15.7. The summed E-state index contributed by atoms with van der Waals surface area (Å²) in [6.45, 7) is 2.39. The van der Waals surface area contributed by atoms with Gasteiger partial charge in [0.05, 0.1) is 11.5 Å². The van der Waals surface area contributed by atoms with Crippen LogP contribution in [0.1, 0.15) is 21.5 Å². The third-order valence-electron chi connectivity index (χ3n) is 3.66. The molecule has 0 fully saturated rings. The lowest BCUT2D eigenvalue weighted by Gasteiger charge is -2.11. The SMILES string of the molecule is Cc1cc(C)cc(OCCNC(=O)c2cc(OCC(F)(F)F)ccc2[N+](=O)[O-])c1. The van der Waals surface area contributed by atoms with Crippen LogP contribution >= 0.6 is 0 Å². The number of carbonyl (C=O) groups is 1. The maximum absolute atomic E-state index is 12.3. The molecule has 0 aliphatic heterocycles. The van der Waals surface area contributed by atoms with Crippen LogP contribution in [0.4, 0.5) is 18.9 Å². The van der Waals surface area contributed by atoms with Gasteiger partial charge in [-0.05, 0) is 49.2 Å². The zero-order valence-corrected chi connectivity index (χ0v) is 15.7. The fourth-order valence-corrected chi connectivity index (χ4v) is 2.56. The summed E-state index contributed by atoms with van der Waals surface area (Å²) in [6, 6.07) is 8.45. The van der Waals surface area contributed by atoms with Crippen LogP contribution in [0, 0.1) is 24.0 Å². The molecule has 1 N–H and O–H groups in total. The Labute approximate surface area is 164 Å². The van der Waals surface area contributed by atoms with Crippen molar-refractivity contribution in [3.8, 4) is 11.5 Å². The van der Waals surface area contributed by atoms with Crippen molar-refractivity contribution in [2.24, 2.45) is 0 Å². The number of nitrogens with one attached hydrogen (secondary N) is 1. The first kappa shape index (κ1) is 22.0. The summed E-state index contributed by atoms with van der Waals surface area (Å²) < 4.78 is 46.9. The highest BCUT2D eigenvalue weighted by Crippen LogP contribution is 2.26. The number of hydrogen-bond donors (Lipinski definition) is 1. The third-order valence-corrected chi connectivity index (χ3v) is 3.66. The Morgan fingerprint density at radius 2 is 1.72 bits per heavy atom. The molecule has 2 aromatic carbocycles. The van der Waals surface area contributed by atoms with Crippen molar-refractivity contribution in [3.05, 3.63) is 63.2 Å². The summed E-state index contributed by atoms with van der Waals surface area (Å²) in [5.74, 6) is -0.506. The van der Waals surface area contributed by atoms with Crippen molar-refractivity contribution < 1.29 is 32.4 Å². The van der Waals surface area contributed by atoms with Gasteiger partial charge in [-0.3, -0.25) is 14.9 Å². The van der Waals surface area contributed by atoms with Gasteiger partial charge in [-0.2, -0.15) is 13.2 Å². The van der Waals surface area contributed by atoms with Gasteiger partial charge in [-0.15, -0.1) is 0 Å². The molecule has 0 bridgehead atoms. The molecule has 0 aliphatic rings. The molecule has 2 aromatic rings. The number of carbonyl (C=O) groups excluding carboxylic acids is 1. The average molecular weight is 412 g/mol. The van der Waals surface area contributed by atoms with Crippen LogP contribution in [-0.4, -0.2) is 36.8 Å². The van der Waals surface area contributed by atoms with E-state index in [0.717, 1.165) is 29.3 Å². The van der Waals surface area contributed by atoms with Gasteiger partial charge in [-0.25, -0.2) is 0 Å². The van der Waals surface area contributed by atoms with Crippen LogP contribution in [0.2, 0.25) is 0 Å². The smallest absolute Gasteiger partial charge is 0.422 e. The molecule has 0 spiro atoms. The van der Waals surface area contributed by atoms with E-state index in [1.165, 1.54) is 0 Å². The topological polar surface area (TPSA) is 90.7 Å². The number of nitro groups is 1. The zero-order chi connectivity index (χ0) is 21.6.